The normalized spacial score (nSPS) is 18.4. The first-order valence-electron chi connectivity index (χ1n) is 7.98. The summed E-state index contributed by atoms with van der Waals surface area (Å²) in [5.74, 6) is 0.0936. The van der Waals surface area contributed by atoms with Crippen LogP contribution in [0.15, 0.2) is 24.3 Å². The Kier molecular flexibility index (Phi) is 5.76. The number of benzene rings is 1. The lowest BCUT2D eigenvalue weighted by Gasteiger charge is -2.18. The van der Waals surface area contributed by atoms with Crippen LogP contribution in [-0.4, -0.2) is 29.9 Å². The first kappa shape index (κ1) is 16.0. The Balaban J connectivity index is 1.88. The monoisotopic (exact) mass is 289 g/mol. The first-order chi connectivity index (χ1) is 10.1. The first-order valence-corrected chi connectivity index (χ1v) is 7.98. The summed E-state index contributed by atoms with van der Waals surface area (Å²) in [5, 5.41) is 2.90. The molecule has 2 rings (SSSR count). The van der Waals surface area contributed by atoms with Gasteiger partial charge in [-0.15, -0.1) is 0 Å². The van der Waals surface area contributed by atoms with E-state index in [1.54, 1.807) is 0 Å². The van der Waals surface area contributed by atoms with Gasteiger partial charge in [0.15, 0.2) is 0 Å². The molecule has 1 aromatic rings. The van der Waals surface area contributed by atoms with Crippen molar-refractivity contribution in [2.75, 3.05) is 18.4 Å². The number of hydrogen-bond donors (Lipinski definition) is 2. The molecule has 0 bridgehead atoms. The van der Waals surface area contributed by atoms with Crippen LogP contribution >= 0.6 is 0 Å². The van der Waals surface area contributed by atoms with Gasteiger partial charge in [0.1, 0.15) is 0 Å². The largest absolute Gasteiger partial charge is 0.325 e. The van der Waals surface area contributed by atoms with Crippen molar-refractivity contribution in [1.29, 1.82) is 0 Å². The number of nitrogens with two attached hydrogens (primary N) is 1. The maximum Gasteiger partial charge on any atom is 0.241 e. The number of anilines is 1. The maximum absolute atomic E-state index is 12.0. The van der Waals surface area contributed by atoms with Crippen molar-refractivity contribution >= 4 is 11.6 Å². The van der Waals surface area contributed by atoms with E-state index >= 15 is 0 Å². The highest BCUT2D eigenvalue weighted by Gasteiger charge is 2.19. The Morgan fingerprint density at radius 2 is 1.90 bits per heavy atom. The number of rotatable bonds is 6. The van der Waals surface area contributed by atoms with Crippen molar-refractivity contribution in [3.05, 3.63) is 29.8 Å². The van der Waals surface area contributed by atoms with Gasteiger partial charge in [0, 0.05) is 12.2 Å². The van der Waals surface area contributed by atoms with Crippen molar-refractivity contribution < 1.29 is 4.79 Å². The van der Waals surface area contributed by atoms with Crippen molar-refractivity contribution in [3.63, 3.8) is 0 Å². The molecule has 0 saturated carbocycles. The molecule has 1 fully saturated rings. The SMILES string of the molecule is CC[C@H](C)[C@H](N)C(=O)Nc1ccc(CN2CCCC2)cc1. The quantitative estimate of drug-likeness (QED) is 0.846. The third-order valence-corrected chi connectivity index (χ3v) is 4.39. The zero-order valence-corrected chi connectivity index (χ0v) is 13.1. The summed E-state index contributed by atoms with van der Waals surface area (Å²) in [6, 6.07) is 7.66. The third-order valence-electron chi connectivity index (χ3n) is 4.39. The van der Waals surface area contributed by atoms with Crippen molar-refractivity contribution in [1.82, 2.24) is 4.90 Å². The molecule has 1 aliphatic rings. The fourth-order valence-electron chi connectivity index (χ4n) is 2.63. The maximum atomic E-state index is 12.0. The van der Waals surface area contributed by atoms with E-state index in [-0.39, 0.29) is 11.8 Å². The van der Waals surface area contributed by atoms with Gasteiger partial charge in [0.2, 0.25) is 5.91 Å². The molecule has 1 heterocycles. The average Bonchev–Trinajstić information content (AvgIpc) is 3.00. The minimum atomic E-state index is -0.445. The molecule has 116 valence electrons. The van der Waals surface area contributed by atoms with Crippen LogP contribution in [0, 0.1) is 5.92 Å². The van der Waals surface area contributed by atoms with Crippen LogP contribution in [0.1, 0.15) is 38.7 Å². The number of carbonyl (C=O) groups is 1. The lowest BCUT2D eigenvalue weighted by atomic mass is 9.99. The molecule has 4 heteroatoms. The zero-order valence-electron chi connectivity index (χ0n) is 13.1. The Labute approximate surface area is 127 Å². The van der Waals surface area contributed by atoms with Crippen molar-refractivity contribution in [2.45, 2.75) is 45.7 Å². The standard InChI is InChI=1S/C17H27N3O/c1-3-13(2)16(18)17(21)19-15-8-6-14(7-9-15)12-20-10-4-5-11-20/h6-9,13,16H,3-5,10-12,18H2,1-2H3,(H,19,21)/t13-,16-/m0/s1. The van der Waals surface area contributed by atoms with Gasteiger partial charge in [-0.05, 0) is 49.5 Å². The summed E-state index contributed by atoms with van der Waals surface area (Å²) in [4.78, 5) is 14.5. The van der Waals surface area contributed by atoms with E-state index in [9.17, 15) is 4.79 Å². The third kappa shape index (κ3) is 4.55. The minimum absolute atomic E-state index is 0.100. The van der Waals surface area contributed by atoms with E-state index in [4.69, 9.17) is 5.73 Å². The molecule has 0 aromatic heterocycles. The topological polar surface area (TPSA) is 58.4 Å². The van der Waals surface area contributed by atoms with Gasteiger partial charge in [0.25, 0.3) is 0 Å². The summed E-state index contributed by atoms with van der Waals surface area (Å²) < 4.78 is 0. The Hall–Kier alpha value is -1.39. The highest BCUT2D eigenvalue weighted by molar-refractivity contribution is 5.94. The molecule has 3 N–H and O–H groups in total. The van der Waals surface area contributed by atoms with Crippen LogP contribution in [0.3, 0.4) is 0 Å². The Bertz CT molecular complexity index is 452. The van der Waals surface area contributed by atoms with E-state index < -0.39 is 6.04 Å². The van der Waals surface area contributed by atoms with Crippen LogP contribution < -0.4 is 11.1 Å². The van der Waals surface area contributed by atoms with Crippen molar-refractivity contribution in [3.8, 4) is 0 Å². The summed E-state index contributed by atoms with van der Waals surface area (Å²) in [7, 11) is 0. The second-order valence-electron chi connectivity index (χ2n) is 6.08. The van der Waals surface area contributed by atoms with Crippen LogP contribution in [-0.2, 0) is 11.3 Å². The van der Waals surface area contributed by atoms with Gasteiger partial charge in [-0.2, -0.15) is 0 Å². The van der Waals surface area contributed by atoms with E-state index in [1.807, 2.05) is 26.0 Å². The zero-order chi connectivity index (χ0) is 15.2. The molecule has 2 atom stereocenters. The lowest BCUT2D eigenvalue weighted by Crippen LogP contribution is -2.40. The summed E-state index contributed by atoms with van der Waals surface area (Å²) in [5.41, 5.74) is 8.05. The average molecular weight is 289 g/mol. The number of amides is 1. The van der Waals surface area contributed by atoms with Gasteiger partial charge in [0.05, 0.1) is 6.04 Å². The molecule has 1 saturated heterocycles. The van der Waals surface area contributed by atoms with Crippen LogP contribution in [0.5, 0.6) is 0 Å². The molecular formula is C17H27N3O. The predicted octanol–water partition coefficient (Wildman–Crippen LogP) is 2.59. The van der Waals surface area contributed by atoms with Gasteiger partial charge < -0.3 is 11.1 Å². The lowest BCUT2D eigenvalue weighted by molar-refractivity contribution is -0.118. The fourth-order valence-corrected chi connectivity index (χ4v) is 2.63. The van der Waals surface area contributed by atoms with E-state index in [0.717, 1.165) is 18.7 Å². The summed E-state index contributed by atoms with van der Waals surface area (Å²) >= 11 is 0. The molecule has 0 spiro atoms. The number of carbonyl (C=O) groups excluding carboxylic acids is 1. The molecular weight excluding hydrogens is 262 g/mol. The van der Waals surface area contributed by atoms with E-state index in [2.05, 4.69) is 22.3 Å². The molecule has 1 aliphatic heterocycles. The van der Waals surface area contributed by atoms with Gasteiger partial charge in [-0.1, -0.05) is 32.4 Å². The molecule has 0 aliphatic carbocycles. The smallest absolute Gasteiger partial charge is 0.241 e. The molecule has 4 nitrogen and oxygen atoms in total. The fraction of sp³-hybridized carbons (Fsp3) is 0.588. The van der Waals surface area contributed by atoms with Crippen molar-refractivity contribution in [2.24, 2.45) is 11.7 Å². The number of nitrogens with zero attached hydrogens (tertiary/aromatic N) is 1. The van der Waals surface area contributed by atoms with E-state index in [1.165, 1.54) is 31.5 Å². The van der Waals surface area contributed by atoms with Gasteiger partial charge >= 0.3 is 0 Å². The number of likely N-dealkylation sites (tertiary alicyclic amines) is 1. The second-order valence-corrected chi connectivity index (χ2v) is 6.08. The summed E-state index contributed by atoms with van der Waals surface area (Å²) in [6.45, 7) is 7.44. The molecule has 21 heavy (non-hydrogen) atoms. The summed E-state index contributed by atoms with van der Waals surface area (Å²) in [6.07, 6.45) is 3.52. The number of nitrogens with one attached hydrogen (secondary N) is 1. The molecule has 0 unspecified atom stereocenters. The highest BCUT2D eigenvalue weighted by atomic mass is 16.2. The van der Waals surface area contributed by atoms with Gasteiger partial charge in [-0.3, -0.25) is 9.69 Å². The van der Waals surface area contributed by atoms with Crippen LogP contribution in [0.4, 0.5) is 5.69 Å². The Morgan fingerprint density at radius 3 is 2.48 bits per heavy atom. The van der Waals surface area contributed by atoms with Gasteiger partial charge in [-0.25, -0.2) is 0 Å². The molecule has 1 aromatic carbocycles. The minimum Gasteiger partial charge on any atom is -0.325 e. The molecule has 1 amide bonds. The predicted molar refractivity (Wildman–Crippen MR) is 87.0 cm³/mol. The second kappa shape index (κ2) is 7.57. The van der Waals surface area contributed by atoms with Crippen LogP contribution in [0.2, 0.25) is 0 Å². The molecule has 0 radical (unpaired) electrons. The number of hydrogen-bond acceptors (Lipinski definition) is 3. The van der Waals surface area contributed by atoms with E-state index in [0.29, 0.717) is 0 Å². The van der Waals surface area contributed by atoms with Crippen LogP contribution in [0.25, 0.3) is 0 Å². The highest BCUT2D eigenvalue weighted by Crippen LogP contribution is 2.16. The Morgan fingerprint density at radius 1 is 1.29 bits per heavy atom.